The van der Waals surface area contributed by atoms with Crippen molar-refractivity contribution in [2.75, 3.05) is 31.0 Å². The molecule has 12 heteroatoms. The molecule has 0 radical (unpaired) electrons. The first-order chi connectivity index (χ1) is 18.0. The average molecular weight is 539 g/mol. The van der Waals surface area contributed by atoms with Crippen molar-refractivity contribution in [2.45, 2.75) is 32.9 Å². The van der Waals surface area contributed by atoms with Crippen molar-refractivity contribution in [2.24, 2.45) is 7.05 Å². The van der Waals surface area contributed by atoms with Crippen LogP contribution in [0.4, 0.5) is 16.2 Å². The van der Waals surface area contributed by atoms with Gasteiger partial charge >= 0.3 is 0 Å². The normalized spacial score (nSPS) is 14.9. The number of carbonyl (C=O) groups excluding carboxylic acids is 1. The van der Waals surface area contributed by atoms with E-state index in [1.54, 1.807) is 37.2 Å². The Morgan fingerprint density at radius 3 is 2.39 bits per heavy atom. The highest BCUT2D eigenvalue weighted by Gasteiger charge is 2.47. The first-order valence-electron chi connectivity index (χ1n) is 12.0. The van der Waals surface area contributed by atoms with E-state index in [9.17, 15) is 4.79 Å². The number of ether oxygens (including phenoxy) is 1. The lowest BCUT2D eigenvalue weighted by Gasteiger charge is -2.28. The molecule has 1 aliphatic rings. The summed E-state index contributed by atoms with van der Waals surface area (Å²) in [4.78, 5) is 31.0. The Kier molecular flexibility index (Phi) is 6.34. The third kappa shape index (κ3) is 3.89. The van der Waals surface area contributed by atoms with Gasteiger partial charge in [0.2, 0.25) is 11.8 Å². The number of benzene rings is 1. The number of nitrogens with zero attached hydrogens (tertiary/aromatic N) is 8. The van der Waals surface area contributed by atoms with Gasteiger partial charge in [-0.05, 0) is 38.5 Å². The number of fused-ring (bicyclic) bond motifs is 1. The van der Waals surface area contributed by atoms with Gasteiger partial charge in [0.1, 0.15) is 11.9 Å². The SMILES string of the molecule is COc1nc(N(C)C)ncc1-c1nc2c(n1C(C)C)C(c1ccc(Cl)cc1)N(c1c(F)c(C)nn1C)C2=O. The lowest BCUT2D eigenvalue weighted by molar-refractivity contribution is 0.0987. The van der Waals surface area contributed by atoms with Crippen LogP contribution in [-0.4, -0.2) is 56.4 Å². The lowest BCUT2D eigenvalue weighted by atomic mass is 10.0. The highest BCUT2D eigenvalue weighted by atomic mass is 35.5. The van der Waals surface area contributed by atoms with Crippen LogP contribution in [0.2, 0.25) is 5.02 Å². The van der Waals surface area contributed by atoms with Gasteiger partial charge in [-0.25, -0.2) is 19.0 Å². The van der Waals surface area contributed by atoms with Gasteiger partial charge in [0.15, 0.2) is 17.3 Å². The van der Waals surface area contributed by atoms with Gasteiger partial charge < -0.3 is 14.2 Å². The van der Waals surface area contributed by atoms with Gasteiger partial charge in [-0.3, -0.25) is 9.69 Å². The number of hydrogen-bond acceptors (Lipinski definition) is 7. The molecule has 1 aliphatic heterocycles. The average Bonchev–Trinajstić information content (AvgIpc) is 3.48. The lowest BCUT2D eigenvalue weighted by Crippen LogP contribution is -2.32. The number of amides is 1. The third-order valence-corrected chi connectivity index (χ3v) is 6.76. The summed E-state index contributed by atoms with van der Waals surface area (Å²) in [6, 6.07) is 6.34. The van der Waals surface area contributed by atoms with Crippen molar-refractivity contribution in [1.82, 2.24) is 29.3 Å². The van der Waals surface area contributed by atoms with Crippen LogP contribution in [0.25, 0.3) is 11.4 Å². The molecule has 3 aromatic heterocycles. The number of aromatic nitrogens is 6. The fourth-order valence-corrected chi connectivity index (χ4v) is 4.99. The van der Waals surface area contributed by atoms with Crippen molar-refractivity contribution in [3.8, 4) is 17.3 Å². The maximum atomic E-state index is 15.4. The Balaban J connectivity index is 1.79. The van der Waals surface area contributed by atoms with E-state index in [0.717, 1.165) is 5.56 Å². The van der Waals surface area contributed by atoms with E-state index < -0.39 is 17.8 Å². The molecule has 0 N–H and O–H groups in total. The molecular formula is C26H28ClFN8O2. The number of anilines is 2. The largest absolute Gasteiger partial charge is 0.480 e. The molecule has 1 amide bonds. The molecule has 0 saturated carbocycles. The van der Waals surface area contributed by atoms with Crippen LogP contribution in [-0.2, 0) is 7.05 Å². The number of halogens is 2. The molecule has 1 atom stereocenters. The Morgan fingerprint density at radius 1 is 1.16 bits per heavy atom. The molecule has 198 valence electrons. The first kappa shape index (κ1) is 25.7. The molecule has 0 saturated heterocycles. The predicted octanol–water partition coefficient (Wildman–Crippen LogP) is 4.58. The van der Waals surface area contributed by atoms with Gasteiger partial charge in [0.05, 0.1) is 24.1 Å². The Labute approximate surface area is 224 Å². The van der Waals surface area contributed by atoms with E-state index in [4.69, 9.17) is 21.3 Å². The zero-order valence-corrected chi connectivity index (χ0v) is 22.9. The number of carbonyl (C=O) groups is 1. The van der Waals surface area contributed by atoms with Gasteiger partial charge in [0, 0.05) is 38.4 Å². The quantitative estimate of drug-likeness (QED) is 0.354. The van der Waals surface area contributed by atoms with E-state index in [2.05, 4.69) is 15.1 Å². The van der Waals surface area contributed by atoms with Gasteiger partial charge in [-0.15, -0.1) is 0 Å². The van der Waals surface area contributed by atoms with Crippen molar-refractivity contribution < 1.29 is 13.9 Å². The van der Waals surface area contributed by atoms with Crippen LogP contribution in [0.15, 0.2) is 30.5 Å². The molecule has 0 fully saturated rings. The van der Waals surface area contributed by atoms with Crippen molar-refractivity contribution in [3.05, 3.63) is 63.9 Å². The minimum absolute atomic E-state index is 0.0681. The molecule has 1 unspecified atom stereocenters. The van der Waals surface area contributed by atoms with Gasteiger partial charge in [-0.1, -0.05) is 23.7 Å². The van der Waals surface area contributed by atoms with E-state index in [-0.39, 0.29) is 23.2 Å². The second-order valence-electron chi connectivity index (χ2n) is 9.60. The topological polar surface area (TPSA) is 94.2 Å². The van der Waals surface area contributed by atoms with Crippen LogP contribution in [0.3, 0.4) is 0 Å². The molecule has 38 heavy (non-hydrogen) atoms. The van der Waals surface area contributed by atoms with Gasteiger partial charge in [-0.2, -0.15) is 10.1 Å². The van der Waals surface area contributed by atoms with E-state index in [1.807, 2.05) is 44.6 Å². The van der Waals surface area contributed by atoms with Crippen molar-refractivity contribution in [3.63, 3.8) is 0 Å². The molecule has 1 aromatic carbocycles. The van der Waals surface area contributed by atoms with Crippen molar-refractivity contribution in [1.29, 1.82) is 0 Å². The minimum atomic E-state index is -0.685. The second kappa shape index (κ2) is 9.39. The van der Waals surface area contributed by atoms with Gasteiger partial charge in [0.25, 0.3) is 5.91 Å². The standard InChI is InChI=1S/C26H28ClFN8O2/c1-13(2)35-21-19(30-22(35)17-12-29-26(33(4)5)31-23(17)38-7)25(37)36(24-18(28)14(3)32-34(24)6)20(21)15-8-10-16(27)11-9-15/h8-13,20H,1-7H3. The summed E-state index contributed by atoms with van der Waals surface area (Å²) in [5.41, 5.74) is 2.33. The molecule has 10 nitrogen and oxygen atoms in total. The predicted molar refractivity (Wildman–Crippen MR) is 143 cm³/mol. The molecule has 4 aromatic rings. The van der Waals surface area contributed by atoms with Crippen LogP contribution < -0.4 is 14.5 Å². The number of methoxy groups -OCH3 is 1. The van der Waals surface area contributed by atoms with E-state index in [0.29, 0.717) is 33.9 Å². The Morgan fingerprint density at radius 2 is 1.84 bits per heavy atom. The highest BCUT2D eigenvalue weighted by molar-refractivity contribution is 6.30. The molecule has 0 bridgehead atoms. The molecule has 5 rings (SSSR count). The zero-order chi connectivity index (χ0) is 27.5. The van der Waals surface area contributed by atoms with E-state index >= 15 is 4.39 Å². The monoisotopic (exact) mass is 538 g/mol. The Hall–Kier alpha value is -3.99. The van der Waals surface area contributed by atoms with Crippen molar-refractivity contribution >= 4 is 29.3 Å². The summed E-state index contributed by atoms with van der Waals surface area (Å²) in [6.07, 6.45) is 1.64. The highest BCUT2D eigenvalue weighted by Crippen LogP contribution is 2.46. The molecule has 4 heterocycles. The summed E-state index contributed by atoms with van der Waals surface area (Å²) in [5.74, 6) is 0.362. The number of hydrogen-bond donors (Lipinski definition) is 0. The molecule has 0 aliphatic carbocycles. The summed E-state index contributed by atoms with van der Waals surface area (Å²) in [5, 5.41) is 4.76. The number of aryl methyl sites for hydroxylation is 2. The van der Waals surface area contributed by atoms with E-state index in [1.165, 1.54) is 16.7 Å². The molecular weight excluding hydrogens is 511 g/mol. The third-order valence-electron chi connectivity index (χ3n) is 6.51. The number of imidazole rings is 1. The van der Waals surface area contributed by atoms with Crippen LogP contribution >= 0.6 is 11.6 Å². The smallest absolute Gasteiger partial charge is 0.281 e. The maximum Gasteiger partial charge on any atom is 0.281 e. The second-order valence-corrected chi connectivity index (χ2v) is 10.0. The van der Waals surface area contributed by atoms with Crippen LogP contribution in [0, 0.1) is 12.7 Å². The summed E-state index contributed by atoms with van der Waals surface area (Å²) in [6.45, 7) is 5.56. The number of rotatable bonds is 6. The minimum Gasteiger partial charge on any atom is -0.480 e. The molecule has 0 spiro atoms. The maximum absolute atomic E-state index is 15.4. The van der Waals surface area contributed by atoms with Crippen LogP contribution in [0.1, 0.15) is 53.4 Å². The summed E-state index contributed by atoms with van der Waals surface area (Å²) >= 11 is 6.19. The fourth-order valence-electron chi connectivity index (χ4n) is 4.86. The summed E-state index contributed by atoms with van der Waals surface area (Å²) < 4.78 is 24.3. The fraction of sp³-hybridized carbons (Fsp3) is 0.346. The summed E-state index contributed by atoms with van der Waals surface area (Å²) in [7, 11) is 6.81. The van der Waals surface area contributed by atoms with Crippen LogP contribution in [0.5, 0.6) is 5.88 Å². The Bertz CT molecular complexity index is 1540. The zero-order valence-electron chi connectivity index (χ0n) is 22.2. The first-order valence-corrected chi connectivity index (χ1v) is 12.4.